The molecule has 0 saturated carbocycles. The van der Waals surface area contributed by atoms with Gasteiger partial charge in [0.1, 0.15) is 0 Å². The smallest absolute Gasteiger partial charge is 0.311 e. The van der Waals surface area contributed by atoms with Crippen molar-refractivity contribution in [1.29, 1.82) is 0 Å². The Kier molecular flexibility index (Phi) is 5.15. The van der Waals surface area contributed by atoms with Gasteiger partial charge >= 0.3 is 11.8 Å². The Balaban J connectivity index is 1.73. The fourth-order valence-corrected chi connectivity index (χ4v) is 2.70. The minimum atomic E-state index is -0.448. The standard InChI is InChI=1S/C13H24N4O2/c1-16-7-3-11(10-16)9-15-12(18)13(19)17-6-2-4-14-5-8-17/h11,14H,2-10H2,1H3,(H,15,18). The summed E-state index contributed by atoms with van der Waals surface area (Å²) in [5, 5.41) is 6.01. The van der Waals surface area contributed by atoms with Crippen molar-refractivity contribution in [2.75, 3.05) is 52.9 Å². The van der Waals surface area contributed by atoms with Gasteiger partial charge < -0.3 is 20.4 Å². The lowest BCUT2D eigenvalue weighted by Gasteiger charge is -2.19. The summed E-state index contributed by atoms with van der Waals surface area (Å²) in [6, 6.07) is 0. The molecule has 19 heavy (non-hydrogen) atoms. The zero-order chi connectivity index (χ0) is 13.7. The van der Waals surface area contributed by atoms with E-state index in [2.05, 4.69) is 22.6 Å². The van der Waals surface area contributed by atoms with Crippen molar-refractivity contribution in [3.63, 3.8) is 0 Å². The van der Waals surface area contributed by atoms with E-state index in [1.165, 1.54) is 0 Å². The molecule has 0 aromatic heterocycles. The topological polar surface area (TPSA) is 64.7 Å². The number of amides is 2. The lowest BCUT2D eigenvalue weighted by molar-refractivity contribution is -0.145. The fraction of sp³-hybridized carbons (Fsp3) is 0.846. The van der Waals surface area contributed by atoms with Gasteiger partial charge in [-0.2, -0.15) is 0 Å². The maximum Gasteiger partial charge on any atom is 0.311 e. The highest BCUT2D eigenvalue weighted by Gasteiger charge is 2.24. The molecule has 2 saturated heterocycles. The van der Waals surface area contributed by atoms with Crippen LogP contribution in [0.25, 0.3) is 0 Å². The van der Waals surface area contributed by atoms with Gasteiger partial charge in [0, 0.05) is 32.7 Å². The summed E-state index contributed by atoms with van der Waals surface area (Å²) in [6.07, 6.45) is 2.01. The van der Waals surface area contributed by atoms with Crippen LogP contribution in [-0.4, -0.2) is 74.5 Å². The molecule has 108 valence electrons. The highest BCUT2D eigenvalue weighted by molar-refractivity contribution is 6.35. The van der Waals surface area contributed by atoms with Crippen LogP contribution in [-0.2, 0) is 9.59 Å². The first-order chi connectivity index (χ1) is 9.16. The third-order valence-electron chi connectivity index (χ3n) is 3.86. The summed E-state index contributed by atoms with van der Waals surface area (Å²) in [5.74, 6) is -0.348. The van der Waals surface area contributed by atoms with Crippen LogP contribution < -0.4 is 10.6 Å². The number of rotatable bonds is 2. The van der Waals surface area contributed by atoms with Crippen molar-refractivity contribution in [2.24, 2.45) is 5.92 Å². The second kappa shape index (κ2) is 6.86. The number of hydrogen-bond acceptors (Lipinski definition) is 4. The number of likely N-dealkylation sites (tertiary alicyclic amines) is 1. The lowest BCUT2D eigenvalue weighted by atomic mass is 10.1. The van der Waals surface area contributed by atoms with E-state index < -0.39 is 5.91 Å². The minimum Gasteiger partial charge on any atom is -0.348 e. The SMILES string of the molecule is CN1CCC(CNC(=O)C(=O)N2CCCNCC2)C1. The van der Waals surface area contributed by atoms with Crippen LogP contribution in [0.4, 0.5) is 0 Å². The number of nitrogens with one attached hydrogen (secondary N) is 2. The second-order valence-corrected chi connectivity index (χ2v) is 5.52. The summed E-state index contributed by atoms with van der Waals surface area (Å²) in [7, 11) is 2.08. The molecule has 2 aliphatic rings. The molecular formula is C13H24N4O2. The van der Waals surface area contributed by atoms with Crippen LogP contribution in [0.2, 0.25) is 0 Å². The van der Waals surface area contributed by atoms with Crippen LogP contribution in [0.1, 0.15) is 12.8 Å². The Bertz CT molecular complexity index is 327. The van der Waals surface area contributed by atoms with E-state index in [1.807, 2.05) is 0 Å². The Morgan fingerprint density at radius 2 is 2.11 bits per heavy atom. The van der Waals surface area contributed by atoms with E-state index >= 15 is 0 Å². The van der Waals surface area contributed by atoms with Gasteiger partial charge in [0.05, 0.1) is 0 Å². The van der Waals surface area contributed by atoms with Crippen LogP contribution in [0, 0.1) is 5.92 Å². The van der Waals surface area contributed by atoms with Crippen molar-refractivity contribution >= 4 is 11.8 Å². The summed E-state index contributed by atoms with van der Waals surface area (Å²) in [6.45, 7) is 5.67. The largest absolute Gasteiger partial charge is 0.348 e. The highest BCUT2D eigenvalue weighted by atomic mass is 16.2. The molecule has 2 amide bonds. The van der Waals surface area contributed by atoms with Crippen LogP contribution in [0.5, 0.6) is 0 Å². The van der Waals surface area contributed by atoms with E-state index in [-0.39, 0.29) is 5.91 Å². The monoisotopic (exact) mass is 268 g/mol. The van der Waals surface area contributed by atoms with Crippen molar-refractivity contribution in [3.05, 3.63) is 0 Å². The van der Waals surface area contributed by atoms with Gasteiger partial charge in [0.25, 0.3) is 0 Å². The first kappa shape index (κ1) is 14.3. The van der Waals surface area contributed by atoms with Gasteiger partial charge in [0.2, 0.25) is 0 Å². The van der Waals surface area contributed by atoms with Crippen molar-refractivity contribution in [1.82, 2.24) is 20.4 Å². The molecule has 0 spiro atoms. The number of hydrogen-bond donors (Lipinski definition) is 2. The summed E-state index contributed by atoms with van der Waals surface area (Å²) in [5.41, 5.74) is 0. The van der Waals surface area contributed by atoms with Crippen molar-refractivity contribution < 1.29 is 9.59 Å². The number of nitrogens with zero attached hydrogens (tertiary/aromatic N) is 2. The Hall–Kier alpha value is -1.14. The van der Waals surface area contributed by atoms with E-state index in [4.69, 9.17) is 0 Å². The van der Waals surface area contributed by atoms with Crippen LogP contribution in [0.3, 0.4) is 0 Å². The van der Waals surface area contributed by atoms with Gasteiger partial charge in [-0.15, -0.1) is 0 Å². The molecule has 2 fully saturated rings. The van der Waals surface area contributed by atoms with E-state index in [1.54, 1.807) is 4.90 Å². The first-order valence-electron chi connectivity index (χ1n) is 7.13. The third-order valence-corrected chi connectivity index (χ3v) is 3.86. The zero-order valence-electron chi connectivity index (χ0n) is 11.7. The molecular weight excluding hydrogens is 244 g/mol. The summed E-state index contributed by atoms with van der Waals surface area (Å²) < 4.78 is 0. The molecule has 0 aromatic carbocycles. The predicted octanol–water partition coefficient (Wildman–Crippen LogP) is -1.12. The summed E-state index contributed by atoms with van der Waals surface area (Å²) >= 11 is 0. The lowest BCUT2D eigenvalue weighted by Crippen LogP contribution is -2.45. The van der Waals surface area contributed by atoms with Gasteiger partial charge in [-0.3, -0.25) is 9.59 Å². The van der Waals surface area contributed by atoms with Crippen molar-refractivity contribution in [3.8, 4) is 0 Å². The molecule has 6 nitrogen and oxygen atoms in total. The fourth-order valence-electron chi connectivity index (χ4n) is 2.70. The molecule has 0 bridgehead atoms. The molecule has 2 N–H and O–H groups in total. The first-order valence-corrected chi connectivity index (χ1v) is 7.13. The summed E-state index contributed by atoms with van der Waals surface area (Å²) in [4.78, 5) is 27.8. The van der Waals surface area contributed by atoms with E-state index in [9.17, 15) is 9.59 Å². The quantitative estimate of drug-likeness (QED) is 0.623. The molecule has 0 aliphatic carbocycles. The Labute approximate surface area is 114 Å². The Morgan fingerprint density at radius 3 is 2.84 bits per heavy atom. The Morgan fingerprint density at radius 1 is 1.26 bits per heavy atom. The second-order valence-electron chi connectivity index (χ2n) is 5.52. The number of carbonyl (C=O) groups is 2. The van der Waals surface area contributed by atoms with Crippen LogP contribution >= 0.6 is 0 Å². The van der Waals surface area contributed by atoms with Gasteiger partial charge in [0.15, 0.2) is 0 Å². The molecule has 6 heteroatoms. The number of carbonyl (C=O) groups excluding carboxylic acids is 2. The predicted molar refractivity (Wildman–Crippen MR) is 72.7 cm³/mol. The molecule has 1 unspecified atom stereocenters. The van der Waals surface area contributed by atoms with Gasteiger partial charge in [-0.25, -0.2) is 0 Å². The minimum absolute atomic E-state index is 0.380. The maximum absolute atomic E-state index is 12.0. The third kappa shape index (κ3) is 4.18. The van der Waals surface area contributed by atoms with Crippen molar-refractivity contribution in [2.45, 2.75) is 12.8 Å². The van der Waals surface area contributed by atoms with Gasteiger partial charge in [-0.1, -0.05) is 0 Å². The molecule has 2 aliphatic heterocycles. The average Bonchev–Trinajstić information content (AvgIpc) is 2.67. The molecule has 0 radical (unpaired) electrons. The molecule has 2 heterocycles. The molecule has 1 atom stereocenters. The van der Waals surface area contributed by atoms with Crippen LogP contribution in [0.15, 0.2) is 0 Å². The normalized spacial score (nSPS) is 25.1. The van der Waals surface area contributed by atoms with E-state index in [0.29, 0.717) is 25.6 Å². The van der Waals surface area contributed by atoms with E-state index in [0.717, 1.165) is 39.0 Å². The molecule has 0 aromatic rings. The maximum atomic E-state index is 12.0. The highest BCUT2D eigenvalue weighted by Crippen LogP contribution is 2.12. The van der Waals surface area contributed by atoms with Gasteiger partial charge in [-0.05, 0) is 38.9 Å². The average molecular weight is 268 g/mol. The zero-order valence-corrected chi connectivity index (χ0v) is 11.7. The molecule has 2 rings (SSSR count).